The number of hydrogen-bond acceptors (Lipinski definition) is 9. The molecule has 1 fully saturated rings. The highest BCUT2D eigenvalue weighted by Gasteiger charge is 2.44. The SMILES string of the molecule is N[C@H]1C(Oc2cc3ccc(OCc4ccccc4)cc3oc2=O)O[C@H](CO)[C@@H](O)[C@@H]1O. The maximum Gasteiger partial charge on any atom is 0.379 e. The minimum atomic E-state index is -1.40. The molecule has 5 N–H and O–H groups in total. The normalized spacial score (nSPS) is 26.0. The zero-order valence-electron chi connectivity index (χ0n) is 16.5. The lowest BCUT2D eigenvalue weighted by Gasteiger charge is -2.40. The van der Waals surface area contributed by atoms with Crippen LogP contribution in [0, 0.1) is 0 Å². The third kappa shape index (κ3) is 4.55. The Morgan fingerprint density at radius 3 is 2.55 bits per heavy atom. The molecule has 5 atom stereocenters. The van der Waals surface area contributed by atoms with Gasteiger partial charge in [-0.25, -0.2) is 4.79 Å². The van der Waals surface area contributed by atoms with Crippen LogP contribution in [0.25, 0.3) is 11.0 Å². The molecular weight excluding hydrogens is 406 g/mol. The third-order valence-corrected chi connectivity index (χ3v) is 5.10. The molecule has 2 aromatic carbocycles. The quantitative estimate of drug-likeness (QED) is 0.412. The van der Waals surface area contributed by atoms with Crippen LogP contribution in [0.3, 0.4) is 0 Å². The second-order valence-corrected chi connectivity index (χ2v) is 7.27. The van der Waals surface area contributed by atoms with Crippen molar-refractivity contribution in [2.45, 2.75) is 37.3 Å². The molecule has 164 valence electrons. The lowest BCUT2D eigenvalue weighted by molar-refractivity contribution is -0.239. The van der Waals surface area contributed by atoms with Crippen LogP contribution in [-0.2, 0) is 11.3 Å². The number of benzene rings is 2. The first-order valence-corrected chi connectivity index (χ1v) is 9.75. The van der Waals surface area contributed by atoms with Gasteiger partial charge in [-0.3, -0.25) is 0 Å². The largest absolute Gasteiger partial charge is 0.489 e. The first-order chi connectivity index (χ1) is 15.0. The van der Waals surface area contributed by atoms with E-state index in [0.717, 1.165) is 5.56 Å². The third-order valence-electron chi connectivity index (χ3n) is 5.10. The predicted octanol–water partition coefficient (Wildman–Crippen LogP) is 0.517. The molecule has 0 aliphatic carbocycles. The Morgan fingerprint density at radius 2 is 1.81 bits per heavy atom. The predicted molar refractivity (Wildman–Crippen MR) is 110 cm³/mol. The Hall–Kier alpha value is -2.95. The molecule has 0 radical (unpaired) electrons. The van der Waals surface area contributed by atoms with Gasteiger partial charge in [-0.05, 0) is 23.8 Å². The van der Waals surface area contributed by atoms with E-state index in [1.54, 1.807) is 18.2 Å². The van der Waals surface area contributed by atoms with Gasteiger partial charge in [0.25, 0.3) is 0 Å². The van der Waals surface area contributed by atoms with Gasteiger partial charge in [0.05, 0.1) is 12.6 Å². The van der Waals surface area contributed by atoms with E-state index < -0.39 is 42.9 Å². The Bertz CT molecular complexity index is 1080. The van der Waals surface area contributed by atoms with Crippen molar-refractivity contribution in [1.29, 1.82) is 0 Å². The zero-order chi connectivity index (χ0) is 22.0. The van der Waals surface area contributed by atoms with Crippen molar-refractivity contribution in [3.05, 3.63) is 70.6 Å². The Kier molecular flexibility index (Phi) is 6.21. The maximum absolute atomic E-state index is 12.4. The summed E-state index contributed by atoms with van der Waals surface area (Å²) in [6.07, 6.45) is -5.13. The van der Waals surface area contributed by atoms with E-state index in [2.05, 4.69) is 0 Å². The molecule has 0 bridgehead atoms. The van der Waals surface area contributed by atoms with Crippen LogP contribution in [0.15, 0.2) is 63.8 Å². The molecule has 2 heterocycles. The fourth-order valence-electron chi connectivity index (χ4n) is 3.32. The Labute approximate surface area is 177 Å². The van der Waals surface area contributed by atoms with Crippen LogP contribution < -0.4 is 20.8 Å². The number of fused-ring (bicyclic) bond motifs is 1. The van der Waals surface area contributed by atoms with Crippen LogP contribution in [0.5, 0.6) is 11.5 Å². The number of rotatable bonds is 6. The molecule has 4 rings (SSSR count). The minimum Gasteiger partial charge on any atom is -0.489 e. The minimum absolute atomic E-state index is 0.175. The smallest absolute Gasteiger partial charge is 0.379 e. The maximum atomic E-state index is 12.4. The summed E-state index contributed by atoms with van der Waals surface area (Å²) in [5.74, 6) is 0.361. The highest BCUT2D eigenvalue weighted by Crippen LogP contribution is 2.26. The van der Waals surface area contributed by atoms with E-state index in [1.165, 1.54) is 6.07 Å². The Balaban J connectivity index is 1.52. The molecule has 1 aromatic heterocycles. The van der Waals surface area contributed by atoms with E-state index >= 15 is 0 Å². The molecule has 1 unspecified atom stereocenters. The van der Waals surface area contributed by atoms with E-state index in [-0.39, 0.29) is 5.75 Å². The van der Waals surface area contributed by atoms with Gasteiger partial charge < -0.3 is 39.7 Å². The van der Waals surface area contributed by atoms with Gasteiger partial charge in [0.15, 0.2) is 0 Å². The lowest BCUT2D eigenvalue weighted by atomic mass is 9.98. The molecule has 3 aromatic rings. The van der Waals surface area contributed by atoms with Crippen molar-refractivity contribution in [2.24, 2.45) is 5.73 Å². The fourth-order valence-corrected chi connectivity index (χ4v) is 3.32. The number of ether oxygens (including phenoxy) is 3. The van der Waals surface area contributed by atoms with Crippen molar-refractivity contribution in [1.82, 2.24) is 0 Å². The van der Waals surface area contributed by atoms with Crippen molar-refractivity contribution in [3.8, 4) is 11.5 Å². The molecule has 0 saturated carbocycles. The summed E-state index contributed by atoms with van der Waals surface area (Å²) in [6.45, 7) is -0.183. The van der Waals surface area contributed by atoms with E-state index in [4.69, 9.17) is 24.4 Å². The first kappa shape index (κ1) is 21.3. The second-order valence-electron chi connectivity index (χ2n) is 7.27. The molecule has 9 heteroatoms. The number of aliphatic hydroxyl groups is 3. The number of nitrogens with two attached hydrogens (primary N) is 1. The van der Waals surface area contributed by atoms with Crippen LogP contribution in [0.4, 0.5) is 0 Å². The van der Waals surface area contributed by atoms with Crippen LogP contribution in [-0.4, -0.2) is 52.6 Å². The summed E-state index contributed by atoms with van der Waals surface area (Å²) >= 11 is 0. The van der Waals surface area contributed by atoms with Gasteiger partial charge in [-0.2, -0.15) is 0 Å². The first-order valence-electron chi connectivity index (χ1n) is 9.75. The van der Waals surface area contributed by atoms with Gasteiger partial charge in [0.2, 0.25) is 12.0 Å². The number of aliphatic hydroxyl groups excluding tert-OH is 3. The van der Waals surface area contributed by atoms with Gasteiger partial charge >= 0.3 is 5.63 Å². The fraction of sp³-hybridized carbons (Fsp3) is 0.318. The summed E-state index contributed by atoms with van der Waals surface area (Å²) < 4.78 is 22.0. The van der Waals surface area contributed by atoms with Crippen LogP contribution in [0.2, 0.25) is 0 Å². The average molecular weight is 429 g/mol. The zero-order valence-corrected chi connectivity index (χ0v) is 16.5. The average Bonchev–Trinajstić information content (AvgIpc) is 2.79. The van der Waals surface area contributed by atoms with E-state index in [9.17, 15) is 20.1 Å². The summed E-state index contributed by atoms with van der Waals surface area (Å²) in [5.41, 5.74) is 6.39. The van der Waals surface area contributed by atoms with E-state index in [0.29, 0.717) is 23.3 Å². The van der Waals surface area contributed by atoms with E-state index in [1.807, 2.05) is 30.3 Å². The lowest BCUT2D eigenvalue weighted by Crippen LogP contribution is -2.63. The van der Waals surface area contributed by atoms with Crippen LogP contribution >= 0.6 is 0 Å². The summed E-state index contributed by atoms with van der Waals surface area (Å²) in [7, 11) is 0. The Morgan fingerprint density at radius 1 is 1.03 bits per heavy atom. The molecule has 0 amide bonds. The van der Waals surface area contributed by atoms with Crippen LogP contribution in [0.1, 0.15) is 5.56 Å². The highest BCUT2D eigenvalue weighted by molar-refractivity contribution is 5.79. The van der Waals surface area contributed by atoms with Gasteiger partial charge in [0, 0.05) is 11.5 Å². The van der Waals surface area contributed by atoms with Crippen molar-refractivity contribution in [2.75, 3.05) is 6.61 Å². The second kappa shape index (κ2) is 9.04. The summed E-state index contributed by atoms with van der Waals surface area (Å²) in [4.78, 5) is 12.4. The van der Waals surface area contributed by atoms with Crippen molar-refractivity contribution >= 4 is 11.0 Å². The summed E-state index contributed by atoms with van der Waals surface area (Å²) in [6, 6.07) is 15.0. The molecule has 9 nitrogen and oxygen atoms in total. The van der Waals surface area contributed by atoms with Gasteiger partial charge in [0.1, 0.15) is 36.3 Å². The topological polar surface area (TPSA) is 145 Å². The highest BCUT2D eigenvalue weighted by atomic mass is 16.7. The molecule has 1 saturated heterocycles. The monoisotopic (exact) mass is 429 g/mol. The number of hydrogen-bond donors (Lipinski definition) is 4. The molecular formula is C22H23NO8. The molecule has 1 aliphatic rings. The van der Waals surface area contributed by atoms with Crippen molar-refractivity contribution in [3.63, 3.8) is 0 Å². The molecule has 1 aliphatic heterocycles. The standard InChI is InChI=1S/C22H23NO8/c23-18-20(26)19(25)17(10-24)31-22(18)30-16-8-13-6-7-14(9-15(13)29-21(16)27)28-11-12-4-2-1-3-5-12/h1-9,17-20,22,24-26H,10-11,23H2/t17-,18-,19-,20-,22?/m1/s1. The summed E-state index contributed by atoms with van der Waals surface area (Å²) in [5, 5.41) is 29.8. The van der Waals surface area contributed by atoms with Gasteiger partial charge in [-0.1, -0.05) is 30.3 Å². The molecule has 0 spiro atoms. The van der Waals surface area contributed by atoms with Crippen molar-refractivity contribution < 1.29 is 33.9 Å². The van der Waals surface area contributed by atoms with Gasteiger partial charge in [-0.15, -0.1) is 0 Å². The molecule has 31 heavy (non-hydrogen) atoms.